The lowest BCUT2D eigenvalue weighted by Gasteiger charge is -2.26. The lowest BCUT2D eigenvalue weighted by atomic mass is 10.2. The Morgan fingerprint density at radius 2 is 1.81 bits per heavy atom. The summed E-state index contributed by atoms with van der Waals surface area (Å²) in [4.78, 5) is 12.6. The molecule has 2 rings (SSSR count). The fraction of sp³-hybridized carbons (Fsp3) is 0.462. The molecule has 0 radical (unpaired) electrons. The van der Waals surface area contributed by atoms with Crippen molar-refractivity contribution >= 4 is 5.91 Å². The molecule has 1 aliphatic rings. The molecule has 1 saturated heterocycles. The highest BCUT2D eigenvalue weighted by atomic mass is 16.2. The normalized spacial score (nSPS) is 18.0. The van der Waals surface area contributed by atoms with Crippen molar-refractivity contribution in [3.05, 3.63) is 35.9 Å². The standard InChI is InChI=1S/C7H8.C6H12N2O/c1-7-5-3-2-4-6-7;1-6(2)7-4-5(9)8(6)3/h2-6H,1H3;7H,4H2,1-3H3. The third-order valence-electron chi connectivity index (χ3n) is 2.83. The molecular weight excluding hydrogens is 200 g/mol. The number of amides is 1. The van der Waals surface area contributed by atoms with Crippen molar-refractivity contribution in [1.82, 2.24) is 10.2 Å². The molecule has 0 bridgehead atoms. The minimum absolute atomic E-state index is 0.142. The first-order valence-corrected chi connectivity index (χ1v) is 5.47. The van der Waals surface area contributed by atoms with Gasteiger partial charge in [-0.25, -0.2) is 0 Å². The predicted octanol–water partition coefficient (Wildman–Crippen LogP) is 1.78. The quantitative estimate of drug-likeness (QED) is 0.723. The number of rotatable bonds is 0. The van der Waals surface area contributed by atoms with Crippen LogP contribution in [-0.2, 0) is 4.79 Å². The molecule has 16 heavy (non-hydrogen) atoms. The van der Waals surface area contributed by atoms with Crippen molar-refractivity contribution in [3.8, 4) is 0 Å². The van der Waals surface area contributed by atoms with Gasteiger partial charge in [0.25, 0.3) is 0 Å². The van der Waals surface area contributed by atoms with Gasteiger partial charge in [0.05, 0.1) is 12.2 Å². The van der Waals surface area contributed by atoms with E-state index in [1.807, 2.05) is 39.1 Å². The van der Waals surface area contributed by atoms with Gasteiger partial charge in [0, 0.05) is 7.05 Å². The number of hydrogen-bond donors (Lipinski definition) is 1. The number of benzene rings is 1. The number of aryl methyl sites for hydroxylation is 1. The third kappa shape index (κ3) is 3.35. The maximum absolute atomic E-state index is 10.9. The van der Waals surface area contributed by atoms with Crippen molar-refractivity contribution in [3.63, 3.8) is 0 Å². The van der Waals surface area contributed by atoms with E-state index in [2.05, 4.69) is 24.4 Å². The first-order valence-electron chi connectivity index (χ1n) is 5.47. The third-order valence-corrected chi connectivity index (χ3v) is 2.83. The fourth-order valence-corrected chi connectivity index (χ4v) is 1.38. The molecule has 1 heterocycles. The Labute approximate surface area is 97.5 Å². The van der Waals surface area contributed by atoms with Crippen LogP contribution in [0.3, 0.4) is 0 Å². The molecule has 0 aromatic heterocycles. The number of carbonyl (C=O) groups excluding carboxylic acids is 1. The summed E-state index contributed by atoms with van der Waals surface area (Å²) < 4.78 is 0. The first kappa shape index (κ1) is 12.7. The van der Waals surface area contributed by atoms with Crippen LogP contribution >= 0.6 is 0 Å². The maximum atomic E-state index is 10.9. The van der Waals surface area contributed by atoms with Crippen LogP contribution in [0.5, 0.6) is 0 Å². The molecule has 0 atom stereocenters. The highest BCUT2D eigenvalue weighted by Gasteiger charge is 2.33. The van der Waals surface area contributed by atoms with Crippen molar-refractivity contribution in [2.45, 2.75) is 26.4 Å². The number of nitrogens with zero attached hydrogens (tertiary/aromatic N) is 1. The smallest absolute Gasteiger partial charge is 0.237 e. The minimum Gasteiger partial charge on any atom is -0.327 e. The molecule has 88 valence electrons. The van der Waals surface area contributed by atoms with Crippen LogP contribution in [0.1, 0.15) is 19.4 Å². The van der Waals surface area contributed by atoms with Gasteiger partial charge in [0.1, 0.15) is 0 Å². The summed E-state index contributed by atoms with van der Waals surface area (Å²) in [5.41, 5.74) is 1.18. The Hall–Kier alpha value is -1.35. The van der Waals surface area contributed by atoms with Crippen LogP contribution in [0.15, 0.2) is 30.3 Å². The number of carbonyl (C=O) groups is 1. The predicted molar refractivity (Wildman–Crippen MR) is 66.0 cm³/mol. The topological polar surface area (TPSA) is 32.3 Å². The van der Waals surface area contributed by atoms with Gasteiger partial charge in [-0.2, -0.15) is 0 Å². The van der Waals surface area contributed by atoms with Crippen LogP contribution < -0.4 is 5.32 Å². The largest absolute Gasteiger partial charge is 0.327 e. The molecule has 1 N–H and O–H groups in total. The zero-order valence-corrected chi connectivity index (χ0v) is 10.4. The van der Waals surface area contributed by atoms with E-state index in [-0.39, 0.29) is 11.6 Å². The number of likely N-dealkylation sites (N-methyl/N-ethyl adjacent to an activating group) is 1. The van der Waals surface area contributed by atoms with E-state index in [0.717, 1.165) is 0 Å². The van der Waals surface area contributed by atoms with Gasteiger partial charge in [-0.3, -0.25) is 10.1 Å². The van der Waals surface area contributed by atoms with Crippen molar-refractivity contribution in [2.24, 2.45) is 0 Å². The van der Waals surface area contributed by atoms with Crippen LogP contribution in [0.4, 0.5) is 0 Å². The Kier molecular flexibility index (Phi) is 4.07. The van der Waals surface area contributed by atoms with E-state index in [4.69, 9.17) is 0 Å². The van der Waals surface area contributed by atoms with Crippen molar-refractivity contribution in [1.29, 1.82) is 0 Å². The highest BCUT2D eigenvalue weighted by molar-refractivity contribution is 5.80. The zero-order valence-electron chi connectivity index (χ0n) is 10.4. The molecule has 1 amide bonds. The second-order valence-electron chi connectivity index (χ2n) is 4.52. The Balaban J connectivity index is 0.000000165. The lowest BCUT2D eigenvalue weighted by Crippen LogP contribution is -2.44. The average molecular weight is 220 g/mol. The van der Waals surface area contributed by atoms with E-state index in [1.54, 1.807) is 4.90 Å². The van der Waals surface area contributed by atoms with Crippen LogP contribution in [0.2, 0.25) is 0 Å². The Morgan fingerprint density at radius 1 is 1.25 bits per heavy atom. The Morgan fingerprint density at radius 3 is 2.00 bits per heavy atom. The molecule has 0 aliphatic carbocycles. The SMILES string of the molecule is CN1C(=O)CNC1(C)C.Cc1ccccc1. The van der Waals surface area contributed by atoms with E-state index in [0.29, 0.717) is 6.54 Å². The van der Waals surface area contributed by atoms with E-state index in [1.165, 1.54) is 5.56 Å². The molecule has 3 nitrogen and oxygen atoms in total. The van der Waals surface area contributed by atoms with Crippen LogP contribution in [0, 0.1) is 6.92 Å². The van der Waals surface area contributed by atoms with E-state index >= 15 is 0 Å². The summed E-state index contributed by atoms with van der Waals surface area (Å²) in [5, 5.41) is 3.07. The van der Waals surface area contributed by atoms with Gasteiger partial charge >= 0.3 is 0 Å². The summed E-state index contributed by atoms with van der Waals surface area (Å²) in [5.74, 6) is 0.167. The van der Waals surface area contributed by atoms with Gasteiger partial charge in [-0.05, 0) is 20.8 Å². The molecule has 1 aromatic carbocycles. The Bertz CT molecular complexity index is 346. The van der Waals surface area contributed by atoms with Gasteiger partial charge in [-0.1, -0.05) is 35.9 Å². The molecule has 3 heteroatoms. The summed E-state index contributed by atoms with van der Waals surface area (Å²) >= 11 is 0. The molecule has 1 aromatic rings. The summed E-state index contributed by atoms with van der Waals surface area (Å²) in [6.45, 7) is 6.53. The lowest BCUT2D eigenvalue weighted by molar-refractivity contribution is -0.128. The molecule has 0 saturated carbocycles. The molecular formula is C13H20N2O. The van der Waals surface area contributed by atoms with Crippen LogP contribution in [-0.4, -0.2) is 30.1 Å². The van der Waals surface area contributed by atoms with Crippen LogP contribution in [0.25, 0.3) is 0 Å². The van der Waals surface area contributed by atoms with Gasteiger partial charge in [0.15, 0.2) is 0 Å². The van der Waals surface area contributed by atoms with Gasteiger partial charge in [-0.15, -0.1) is 0 Å². The maximum Gasteiger partial charge on any atom is 0.237 e. The fourth-order valence-electron chi connectivity index (χ4n) is 1.38. The van der Waals surface area contributed by atoms with Gasteiger partial charge < -0.3 is 4.90 Å². The first-order chi connectivity index (χ1) is 7.43. The van der Waals surface area contributed by atoms with E-state index in [9.17, 15) is 4.79 Å². The monoisotopic (exact) mass is 220 g/mol. The summed E-state index contributed by atoms with van der Waals surface area (Å²) in [6.07, 6.45) is 0. The van der Waals surface area contributed by atoms with Gasteiger partial charge in [0.2, 0.25) is 5.91 Å². The number of hydrogen-bond acceptors (Lipinski definition) is 2. The van der Waals surface area contributed by atoms with Crippen molar-refractivity contribution < 1.29 is 4.79 Å². The van der Waals surface area contributed by atoms with E-state index < -0.39 is 0 Å². The molecule has 0 unspecified atom stereocenters. The zero-order chi connectivity index (χ0) is 12.2. The second kappa shape index (κ2) is 5.12. The molecule has 1 aliphatic heterocycles. The average Bonchev–Trinajstić information content (AvgIpc) is 2.48. The minimum atomic E-state index is -0.142. The summed E-state index contributed by atoms with van der Waals surface area (Å²) in [6, 6.07) is 10.3. The number of nitrogens with one attached hydrogen (secondary N) is 1. The second-order valence-corrected chi connectivity index (χ2v) is 4.52. The summed E-state index contributed by atoms with van der Waals surface area (Å²) in [7, 11) is 1.81. The highest BCUT2D eigenvalue weighted by Crippen LogP contribution is 2.12. The molecule has 1 fully saturated rings. The van der Waals surface area contributed by atoms with Crippen molar-refractivity contribution in [2.75, 3.05) is 13.6 Å². The molecule has 0 spiro atoms.